The van der Waals surface area contributed by atoms with E-state index >= 15 is 0 Å². The van der Waals surface area contributed by atoms with Gasteiger partial charge in [-0.25, -0.2) is 0 Å². The van der Waals surface area contributed by atoms with Crippen LogP contribution >= 0.6 is 0 Å². The molecule has 3 heteroatoms. The lowest BCUT2D eigenvalue weighted by Gasteiger charge is -2.14. The lowest BCUT2D eigenvalue weighted by Crippen LogP contribution is -2.11. The minimum Gasteiger partial charge on any atom is -0.497 e. The standard InChI is InChI=1S/C19H18N2O/c1-13-11-18-16-5-3-4-6-17(16)19(21(18)20-13)12-14-7-9-15(22-2)10-8-14/h3-11,19H,12H2,1-2H3. The highest BCUT2D eigenvalue weighted by molar-refractivity contribution is 5.69. The molecule has 110 valence electrons. The van der Waals surface area contributed by atoms with Crippen LogP contribution in [0.3, 0.4) is 0 Å². The Bertz CT molecular complexity index is 818. The number of nitrogens with zero attached hydrogens (tertiary/aromatic N) is 2. The number of ether oxygens (including phenoxy) is 1. The number of hydrogen-bond acceptors (Lipinski definition) is 2. The van der Waals surface area contributed by atoms with Gasteiger partial charge >= 0.3 is 0 Å². The Labute approximate surface area is 130 Å². The van der Waals surface area contributed by atoms with E-state index in [4.69, 9.17) is 9.84 Å². The zero-order chi connectivity index (χ0) is 15.1. The quantitative estimate of drug-likeness (QED) is 0.728. The van der Waals surface area contributed by atoms with Gasteiger partial charge in [-0.05, 0) is 42.7 Å². The van der Waals surface area contributed by atoms with Crippen LogP contribution in [0.15, 0.2) is 54.6 Å². The molecule has 0 aliphatic carbocycles. The minimum absolute atomic E-state index is 0.272. The van der Waals surface area contributed by atoms with Gasteiger partial charge in [-0.15, -0.1) is 0 Å². The Morgan fingerprint density at radius 1 is 1.09 bits per heavy atom. The molecule has 0 saturated carbocycles. The van der Waals surface area contributed by atoms with Gasteiger partial charge in [0.1, 0.15) is 5.75 Å². The highest BCUT2D eigenvalue weighted by atomic mass is 16.5. The van der Waals surface area contributed by atoms with Gasteiger partial charge in [0.15, 0.2) is 0 Å². The van der Waals surface area contributed by atoms with Crippen LogP contribution in [0, 0.1) is 6.92 Å². The number of rotatable bonds is 3. The molecule has 0 amide bonds. The number of aryl methyl sites for hydroxylation is 1. The van der Waals surface area contributed by atoms with Crippen molar-refractivity contribution in [2.45, 2.75) is 19.4 Å². The van der Waals surface area contributed by atoms with E-state index in [2.05, 4.69) is 54.1 Å². The van der Waals surface area contributed by atoms with E-state index in [1.54, 1.807) is 7.11 Å². The first-order valence-electron chi connectivity index (χ1n) is 7.54. The SMILES string of the molecule is COc1ccc(CC2c3ccccc3-c3cc(C)nn32)cc1. The molecule has 3 nitrogen and oxygen atoms in total. The van der Waals surface area contributed by atoms with E-state index < -0.39 is 0 Å². The van der Waals surface area contributed by atoms with Crippen molar-refractivity contribution in [1.82, 2.24) is 9.78 Å². The Kier molecular flexibility index (Phi) is 3.00. The van der Waals surface area contributed by atoms with Crippen LogP contribution in [0.1, 0.15) is 22.9 Å². The minimum atomic E-state index is 0.272. The first kappa shape index (κ1) is 13.1. The van der Waals surface area contributed by atoms with Crippen molar-refractivity contribution in [2.75, 3.05) is 7.11 Å². The number of benzene rings is 2. The summed E-state index contributed by atoms with van der Waals surface area (Å²) in [5.41, 5.74) is 6.26. The van der Waals surface area contributed by atoms with Crippen molar-refractivity contribution in [3.05, 3.63) is 71.4 Å². The van der Waals surface area contributed by atoms with E-state index in [0.29, 0.717) is 0 Å². The molecule has 0 saturated heterocycles. The van der Waals surface area contributed by atoms with E-state index in [9.17, 15) is 0 Å². The summed E-state index contributed by atoms with van der Waals surface area (Å²) < 4.78 is 7.41. The van der Waals surface area contributed by atoms with Crippen LogP contribution in [-0.4, -0.2) is 16.9 Å². The van der Waals surface area contributed by atoms with Gasteiger partial charge in [0.2, 0.25) is 0 Å². The molecule has 0 fully saturated rings. The fraction of sp³-hybridized carbons (Fsp3) is 0.211. The summed E-state index contributed by atoms with van der Waals surface area (Å²) in [6.07, 6.45) is 0.940. The van der Waals surface area contributed by atoms with E-state index in [-0.39, 0.29) is 6.04 Å². The van der Waals surface area contributed by atoms with Gasteiger partial charge in [-0.3, -0.25) is 4.68 Å². The van der Waals surface area contributed by atoms with Crippen molar-refractivity contribution in [3.8, 4) is 17.0 Å². The normalized spacial score (nSPS) is 15.5. The molecule has 1 unspecified atom stereocenters. The summed E-state index contributed by atoms with van der Waals surface area (Å²) in [4.78, 5) is 0. The molecule has 3 aromatic rings. The second-order valence-corrected chi connectivity index (χ2v) is 5.77. The molecule has 1 atom stereocenters. The van der Waals surface area contributed by atoms with Gasteiger partial charge in [0.05, 0.1) is 24.5 Å². The second-order valence-electron chi connectivity index (χ2n) is 5.77. The Morgan fingerprint density at radius 3 is 2.64 bits per heavy atom. The fourth-order valence-corrected chi connectivity index (χ4v) is 3.29. The van der Waals surface area contributed by atoms with Crippen LogP contribution in [-0.2, 0) is 6.42 Å². The molecule has 2 heterocycles. The van der Waals surface area contributed by atoms with E-state index in [1.807, 2.05) is 12.1 Å². The largest absolute Gasteiger partial charge is 0.497 e. The average Bonchev–Trinajstić information content (AvgIpc) is 3.06. The van der Waals surface area contributed by atoms with E-state index in [0.717, 1.165) is 17.9 Å². The Morgan fingerprint density at radius 2 is 1.86 bits per heavy atom. The molecule has 1 aliphatic heterocycles. The maximum atomic E-state index is 5.24. The van der Waals surface area contributed by atoms with Gasteiger partial charge in [0, 0.05) is 5.56 Å². The predicted octanol–water partition coefficient (Wildman–Crippen LogP) is 4.01. The molecule has 1 aliphatic rings. The Balaban J connectivity index is 1.74. The zero-order valence-electron chi connectivity index (χ0n) is 12.8. The number of fused-ring (bicyclic) bond motifs is 3. The maximum Gasteiger partial charge on any atom is 0.118 e. The Hall–Kier alpha value is -2.55. The van der Waals surface area contributed by atoms with Crippen LogP contribution in [0.5, 0.6) is 5.75 Å². The van der Waals surface area contributed by atoms with Crippen molar-refractivity contribution < 1.29 is 4.74 Å². The smallest absolute Gasteiger partial charge is 0.118 e. The monoisotopic (exact) mass is 290 g/mol. The van der Waals surface area contributed by atoms with Crippen molar-refractivity contribution in [2.24, 2.45) is 0 Å². The molecule has 0 bridgehead atoms. The first-order valence-corrected chi connectivity index (χ1v) is 7.54. The molecule has 2 aromatic carbocycles. The molecular weight excluding hydrogens is 272 g/mol. The van der Waals surface area contributed by atoms with Gasteiger partial charge < -0.3 is 4.74 Å². The number of hydrogen-bond donors (Lipinski definition) is 0. The summed E-state index contributed by atoms with van der Waals surface area (Å²) in [6.45, 7) is 2.05. The topological polar surface area (TPSA) is 27.1 Å². The van der Waals surface area contributed by atoms with Crippen LogP contribution in [0.2, 0.25) is 0 Å². The molecular formula is C19H18N2O. The van der Waals surface area contributed by atoms with Gasteiger partial charge in [-0.1, -0.05) is 36.4 Å². The van der Waals surface area contributed by atoms with Crippen LogP contribution in [0.25, 0.3) is 11.3 Å². The number of aromatic nitrogens is 2. The van der Waals surface area contributed by atoms with Crippen molar-refractivity contribution in [3.63, 3.8) is 0 Å². The van der Waals surface area contributed by atoms with Crippen molar-refractivity contribution in [1.29, 1.82) is 0 Å². The van der Waals surface area contributed by atoms with Gasteiger partial charge in [0.25, 0.3) is 0 Å². The third-order valence-electron chi connectivity index (χ3n) is 4.34. The summed E-state index contributed by atoms with van der Waals surface area (Å²) in [7, 11) is 1.70. The third kappa shape index (κ3) is 2.01. The maximum absolute atomic E-state index is 5.24. The molecule has 1 aromatic heterocycles. The highest BCUT2D eigenvalue weighted by Gasteiger charge is 2.29. The summed E-state index contributed by atoms with van der Waals surface area (Å²) in [6, 6.07) is 19.4. The number of methoxy groups -OCH3 is 1. The van der Waals surface area contributed by atoms with Crippen LogP contribution < -0.4 is 4.74 Å². The lowest BCUT2D eigenvalue weighted by molar-refractivity contribution is 0.414. The van der Waals surface area contributed by atoms with Gasteiger partial charge in [-0.2, -0.15) is 5.10 Å². The summed E-state index contributed by atoms with van der Waals surface area (Å²) in [5.74, 6) is 0.895. The third-order valence-corrected chi connectivity index (χ3v) is 4.34. The second kappa shape index (κ2) is 5.02. The van der Waals surface area contributed by atoms with Crippen molar-refractivity contribution >= 4 is 0 Å². The summed E-state index contributed by atoms with van der Waals surface area (Å²) >= 11 is 0. The fourth-order valence-electron chi connectivity index (χ4n) is 3.29. The highest BCUT2D eigenvalue weighted by Crippen LogP contribution is 2.40. The zero-order valence-corrected chi connectivity index (χ0v) is 12.8. The average molecular weight is 290 g/mol. The summed E-state index contributed by atoms with van der Waals surface area (Å²) in [5, 5.41) is 4.71. The van der Waals surface area contributed by atoms with Crippen LogP contribution in [0.4, 0.5) is 0 Å². The van der Waals surface area contributed by atoms with E-state index in [1.165, 1.54) is 22.4 Å². The lowest BCUT2D eigenvalue weighted by atomic mass is 9.97. The predicted molar refractivity (Wildman–Crippen MR) is 87.2 cm³/mol. The molecule has 22 heavy (non-hydrogen) atoms. The molecule has 0 N–H and O–H groups in total. The first-order chi connectivity index (χ1) is 10.8. The molecule has 0 radical (unpaired) electrons. The molecule has 4 rings (SSSR count). The molecule has 0 spiro atoms.